The van der Waals surface area contributed by atoms with E-state index in [9.17, 15) is 10.1 Å². The van der Waals surface area contributed by atoms with E-state index in [2.05, 4.69) is 0 Å². The van der Waals surface area contributed by atoms with E-state index in [0.717, 1.165) is 11.1 Å². The van der Waals surface area contributed by atoms with Crippen LogP contribution in [-0.4, -0.2) is 4.92 Å². The lowest BCUT2D eigenvalue weighted by Crippen LogP contribution is -2.35. The molecule has 4 heteroatoms. The lowest BCUT2D eigenvalue weighted by molar-refractivity contribution is -0.384. The maximum absolute atomic E-state index is 10.6. The minimum atomic E-state index is -0.545. The molecule has 1 atom stereocenters. The summed E-state index contributed by atoms with van der Waals surface area (Å²) in [5.41, 5.74) is 7.90. The van der Waals surface area contributed by atoms with E-state index in [4.69, 9.17) is 5.73 Å². The van der Waals surface area contributed by atoms with Crippen LogP contribution >= 0.6 is 0 Å². The Hall–Kier alpha value is -2.20. The molecule has 0 radical (unpaired) electrons. The monoisotopic (exact) mass is 256 g/mol. The molecule has 0 aromatic heterocycles. The van der Waals surface area contributed by atoms with Gasteiger partial charge in [-0.3, -0.25) is 10.1 Å². The van der Waals surface area contributed by atoms with Crippen molar-refractivity contribution in [3.8, 4) is 0 Å². The van der Waals surface area contributed by atoms with Crippen molar-refractivity contribution >= 4 is 5.69 Å². The Bertz CT molecular complexity index is 562. The molecule has 4 nitrogen and oxygen atoms in total. The molecule has 0 amide bonds. The molecular formula is C15H16N2O2. The molecule has 2 rings (SSSR count). The summed E-state index contributed by atoms with van der Waals surface area (Å²) in [6.07, 6.45) is 0.686. The van der Waals surface area contributed by atoms with Gasteiger partial charge in [-0.1, -0.05) is 42.5 Å². The van der Waals surface area contributed by atoms with Gasteiger partial charge in [0.1, 0.15) is 0 Å². The third kappa shape index (κ3) is 3.17. The summed E-state index contributed by atoms with van der Waals surface area (Å²) >= 11 is 0. The first-order chi connectivity index (χ1) is 8.99. The largest absolute Gasteiger partial charge is 0.321 e. The topological polar surface area (TPSA) is 69.2 Å². The van der Waals surface area contributed by atoms with E-state index >= 15 is 0 Å². The van der Waals surface area contributed by atoms with Crippen LogP contribution in [0.4, 0.5) is 5.69 Å². The summed E-state index contributed by atoms with van der Waals surface area (Å²) in [6, 6.07) is 16.4. The Kier molecular flexibility index (Phi) is 3.62. The predicted octanol–water partition coefficient (Wildman–Crippen LogP) is 3.01. The van der Waals surface area contributed by atoms with E-state index in [1.165, 1.54) is 12.1 Å². The third-order valence-electron chi connectivity index (χ3n) is 3.15. The van der Waals surface area contributed by atoms with Gasteiger partial charge in [-0.2, -0.15) is 0 Å². The van der Waals surface area contributed by atoms with Crippen molar-refractivity contribution in [1.29, 1.82) is 0 Å². The second-order valence-electron chi connectivity index (χ2n) is 4.88. The molecule has 2 N–H and O–H groups in total. The number of nitrogens with two attached hydrogens (primary N) is 1. The summed E-state index contributed by atoms with van der Waals surface area (Å²) in [5, 5.41) is 10.6. The Balaban J connectivity index is 2.21. The van der Waals surface area contributed by atoms with Crippen LogP contribution in [0.15, 0.2) is 54.6 Å². The number of rotatable bonds is 4. The van der Waals surface area contributed by atoms with Crippen LogP contribution in [0.5, 0.6) is 0 Å². The van der Waals surface area contributed by atoms with Crippen LogP contribution < -0.4 is 5.73 Å². The molecule has 1 unspecified atom stereocenters. The number of nitro groups is 1. The van der Waals surface area contributed by atoms with Gasteiger partial charge < -0.3 is 5.73 Å². The highest BCUT2D eigenvalue weighted by atomic mass is 16.6. The Labute approximate surface area is 112 Å². The Morgan fingerprint density at radius 2 is 1.68 bits per heavy atom. The van der Waals surface area contributed by atoms with E-state index in [1.807, 2.05) is 37.3 Å². The number of hydrogen-bond acceptors (Lipinski definition) is 3. The SMILES string of the molecule is CC(N)(Cc1ccccc1)c1ccc([N+](=O)[O-])cc1. The summed E-state index contributed by atoms with van der Waals surface area (Å²) in [6.45, 7) is 1.93. The Morgan fingerprint density at radius 3 is 2.21 bits per heavy atom. The fourth-order valence-electron chi connectivity index (χ4n) is 2.09. The zero-order valence-electron chi connectivity index (χ0n) is 10.7. The van der Waals surface area contributed by atoms with Crippen molar-refractivity contribution in [3.63, 3.8) is 0 Å². The van der Waals surface area contributed by atoms with Crippen LogP contribution in [0.2, 0.25) is 0 Å². The van der Waals surface area contributed by atoms with Gasteiger partial charge in [0.2, 0.25) is 0 Å². The molecule has 0 heterocycles. The molecule has 0 saturated heterocycles. The first kappa shape index (κ1) is 13.2. The molecule has 98 valence electrons. The number of nitrogens with zero attached hydrogens (tertiary/aromatic N) is 1. The smallest absolute Gasteiger partial charge is 0.269 e. The molecule has 2 aromatic rings. The highest BCUT2D eigenvalue weighted by molar-refractivity contribution is 5.36. The molecule has 0 fully saturated rings. The van der Waals surface area contributed by atoms with Gasteiger partial charge in [0, 0.05) is 17.7 Å². The molecule has 0 spiro atoms. The fourth-order valence-corrected chi connectivity index (χ4v) is 2.09. The van der Waals surface area contributed by atoms with E-state index in [0.29, 0.717) is 6.42 Å². The van der Waals surface area contributed by atoms with Crippen molar-refractivity contribution in [1.82, 2.24) is 0 Å². The molecule has 0 aliphatic carbocycles. The van der Waals surface area contributed by atoms with Gasteiger partial charge in [0.25, 0.3) is 5.69 Å². The third-order valence-corrected chi connectivity index (χ3v) is 3.15. The van der Waals surface area contributed by atoms with E-state index in [1.54, 1.807) is 12.1 Å². The summed E-state index contributed by atoms with van der Waals surface area (Å²) in [7, 11) is 0. The lowest BCUT2D eigenvalue weighted by Gasteiger charge is -2.25. The number of hydrogen-bond donors (Lipinski definition) is 1. The van der Waals surface area contributed by atoms with Gasteiger partial charge in [0.05, 0.1) is 4.92 Å². The highest BCUT2D eigenvalue weighted by Crippen LogP contribution is 2.24. The van der Waals surface area contributed by atoms with Crippen molar-refractivity contribution in [2.45, 2.75) is 18.9 Å². The minimum absolute atomic E-state index is 0.0826. The standard InChI is InChI=1S/C15H16N2O2/c1-15(16,11-12-5-3-2-4-6-12)13-7-9-14(10-8-13)17(18)19/h2-10H,11,16H2,1H3. The number of benzene rings is 2. The second-order valence-corrected chi connectivity index (χ2v) is 4.88. The first-order valence-corrected chi connectivity index (χ1v) is 6.07. The average Bonchev–Trinajstić information content (AvgIpc) is 2.39. The van der Waals surface area contributed by atoms with Crippen LogP contribution in [0.1, 0.15) is 18.1 Å². The molecule has 0 aliphatic rings. The highest BCUT2D eigenvalue weighted by Gasteiger charge is 2.22. The van der Waals surface area contributed by atoms with Crippen LogP contribution in [0.3, 0.4) is 0 Å². The second kappa shape index (κ2) is 5.20. The van der Waals surface area contributed by atoms with Crippen molar-refractivity contribution in [3.05, 3.63) is 75.8 Å². The molecule has 0 bridgehead atoms. The summed E-state index contributed by atoms with van der Waals surface area (Å²) in [5.74, 6) is 0. The van der Waals surface area contributed by atoms with Crippen LogP contribution in [-0.2, 0) is 12.0 Å². The maximum Gasteiger partial charge on any atom is 0.269 e. The van der Waals surface area contributed by atoms with Crippen LogP contribution in [0, 0.1) is 10.1 Å². The van der Waals surface area contributed by atoms with E-state index < -0.39 is 10.5 Å². The summed E-state index contributed by atoms with van der Waals surface area (Å²) in [4.78, 5) is 10.2. The summed E-state index contributed by atoms with van der Waals surface area (Å²) < 4.78 is 0. The lowest BCUT2D eigenvalue weighted by atomic mass is 9.86. The maximum atomic E-state index is 10.6. The molecular weight excluding hydrogens is 240 g/mol. The number of nitro benzene ring substituents is 1. The fraction of sp³-hybridized carbons (Fsp3) is 0.200. The van der Waals surface area contributed by atoms with Gasteiger partial charge in [-0.15, -0.1) is 0 Å². The van der Waals surface area contributed by atoms with Crippen molar-refractivity contribution in [2.24, 2.45) is 5.73 Å². The molecule has 2 aromatic carbocycles. The van der Waals surface area contributed by atoms with Gasteiger partial charge in [-0.25, -0.2) is 0 Å². The predicted molar refractivity (Wildman–Crippen MR) is 74.8 cm³/mol. The molecule has 0 aliphatic heterocycles. The Morgan fingerprint density at radius 1 is 1.11 bits per heavy atom. The molecule has 0 saturated carbocycles. The quantitative estimate of drug-likeness (QED) is 0.675. The average molecular weight is 256 g/mol. The minimum Gasteiger partial charge on any atom is -0.321 e. The zero-order valence-corrected chi connectivity index (χ0v) is 10.7. The van der Waals surface area contributed by atoms with Gasteiger partial charge >= 0.3 is 0 Å². The van der Waals surface area contributed by atoms with Crippen LogP contribution in [0.25, 0.3) is 0 Å². The van der Waals surface area contributed by atoms with Gasteiger partial charge in [-0.05, 0) is 24.5 Å². The van der Waals surface area contributed by atoms with E-state index in [-0.39, 0.29) is 5.69 Å². The molecule has 19 heavy (non-hydrogen) atoms. The first-order valence-electron chi connectivity index (χ1n) is 6.07. The zero-order chi connectivity index (χ0) is 13.9. The van der Waals surface area contributed by atoms with Crippen molar-refractivity contribution in [2.75, 3.05) is 0 Å². The van der Waals surface area contributed by atoms with Crippen molar-refractivity contribution < 1.29 is 4.92 Å². The normalized spacial score (nSPS) is 13.8. The van der Waals surface area contributed by atoms with Gasteiger partial charge in [0.15, 0.2) is 0 Å². The number of non-ortho nitro benzene ring substituents is 1.